The lowest BCUT2D eigenvalue weighted by molar-refractivity contribution is -0.307. The van der Waals surface area contributed by atoms with Crippen LogP contribution in [0.15, 0.2) is 53.6 Å². The van der Waals surface area contributed by atoms with Crippen molar-refractivity contribution in [2.75, 3.05) is 13.2 Å². The maximum Gasteiger partial charge on any atom is 0.277 e. The summed E-state index contributed by atoms with van der Waals surface area (Å²) in [6.45, 7) is 7.46. The summed E-state index contributed by atoms with van der Waals surface area (Å²) in [5.74, 6) is -0.651. The highest BCUT2D eigenvalue weighted by Crippen LogP contribution is 2.24. The van der Waals surface area contributed by atoms with Gasteiger partial charge in [0.1, 0.15) is 18.1 Å². The molecule has 1 amide bonds. The summed E-state index contributed by atoms with van der Waals surface area (Å²) in [6, 6.07) is 14.3. The van der Waals surface area contributed by atoms with E-state index in [2.05, 4.69) is 31.3 Å². The molecule has 0 heterocycles. The average Bonchev–Trinajstić information content (AvgIpc) is 2.69. The smallest absolute Gasteiger partial charge is 0.277 e. The molecule has 0 saturated heterocycles. The van der Waals surface area contributed by atoms with E-state index in [1.807, 2.05) is 24.3 Å². The fourth-order valence-corrected chi connectivity index (χ4v) is 2.38. The zero-order valence-corrected chi connectivity index (χ0v) is 17.0. The topological polar surface area (TPSA) is 100 Å². The van der Waals surface area contributed by atoms with E-state index < -0.39 is 12.6 Å². The summed E-state index contributed by atoms with van der Waals surface area (Å²) in [7, 11) is 0. The van der Waals surface area contributed by atoms with Gasteiger partial charge in [-0.25, -0.2) is 5.43 Å². The predicted molar refractivity (Wildman–Crippen MR) is 108 cm³/mol. The number of hydrogen-bond donors (Lipinski definition) is 1. The van der Waals surface area contributed by atoms with Gasteiger partial charge in [0, 0.05) is 0 Å². The van der Waals surface area contributed by atoms with Crippen LogP contribution in [-0.4, -0.2) is 30.8 Å². The molecule has 7 heteroatoms. The monoisotopic (exact) mass is 397 g/mol. The van der Waals surface area contributed by atoms with Crippen LogP contribution in [0.25, 0.3) is 0 Å². The molecule has 154 valence electrons. The molecule has 0 unspecified atom stereocenters. The van der Waals surface area contributed by atoms with Gasteiger partial charge in [-0.05, 0) is 59.9 Å². The highest BCUT2D eigenvalue weighted by Gasteiger charge is 2.13. The minimum absolute atomic E-state index is 0.0555. The van der Waals surface area contributed by atoms with E-state index in [1.165, 1.54) is 5.56 Å². The van der Waals surface area contributed by atoms with Crippen LogP contribution in [0.2, 0.25) is 0 Å². The van der Waals surface area contributed by atoms with Gasteiger partial charge in [0.25, 0.3) is 5.91 Å². The summed E-state index contributed by atoms with van der Waals surface area (Å²) >= 11 is 0. The number of carboxylic acids is 1. The van der Waals surface area contributed by atoms with Crippen LogP contribution in [0.3, 0.4) is 0 Å². The Hall–Kier alpha value is -3.35. The van der Waals surface area contributed by atoms with E-state index >= 15 is 0 Å². The average molecular weight is 397 g/mol. The third-order valence-corrected chi connectivity index (χ3v) is 4.07. The lowest BCUT2D eigenvalue weighted by Crippen LogP contribution is -2.28. The molecule has 2 aromatic carbocycles. The number of nitrogens with one attached hydrogen (secondary N) is 1. The number of hydrazone groups is 1. The maximum atomic E-state index is 12.0. The van der Waals surface area contributed by atoms with Crippen molar-refractivity contribution in [3.05, 3.63) is 59.7 Å². The Morgan fingerprint density at radius 3 is 1.97 bits per heavy atom. The minimum atomic E-state index is -1.29. The van der Waals surface area contributed by atoms with Gasteiger partial charge < -0.3 is 19.4 Å². The van der Waals surface area contributed by atoms with E-state index in [-0.39, 0.29) is 17.9 Å². The number of aliphatic carboxylic acids is 1. The molecule has 0 aromatic heterocycles. The van der Waals surface area contributed by atoms with Crippen molar-refractivity contribution in [1.82, 2.24) is 5.43 Å². The Morgan fingerprint density at radius 2 is 1.45 bits per heavy atom. The second-order valence-electron chi connectivity index (χ2n) is 7.48. The largest absolute Gasteiger partial charge is 0.546 e. The summed E-state index contributed by atoms with van der Waals surface area (Å²) in [5, 5.41) is 14.4. The Kier molecular flexibility index (Phi) is 7.36. The Labute approximate surface area is 170 Å². The van der Waals surface area contributed by atoms with Gasteiger partial charge in [-0.15, -0.1) is 0 Å². The third-order valence-electron chi connectivity index (χ3n) is 4.07. The Morgan fingerprint density at radius 1 is 0.931 bits per heavy atom. The molecule has 7 nitrogen and oxygen atoms in total. The standard InChI is InChI=1S/C22H26N2O5/c1-15(16-5-9-18(10-6-16)29-14-21(26)27)23-24-20(25)13-28-19-11-7-17(8-12-19)22(2,3)4/h5-12H,13-14H2,1-4H3,(H,24,25)(H,26,27)/p-1/b23-15-. The van der Waals surface area contributed by atoms with Crippen LogP contribution in [0.1, 0.15) is 38.8 Å². The van der Waals surface area contributed by atoms with Crippen molar-refractivity contribution in [2.45, 2.75) is 33.1 Å². The molecule has 0 aliphatic heterocycles. The molecule has 0 saturated carbocycles. The maximum absolute atomic E-state index is 12.0. The van der Waals surface area contributed by atoms with E-state index in [1.54, 1.807) is 31.2 Å². The quantitative estimate of drug-likeness (QED) is 0.543. The van der Waals surface area contributed by atoms with Crippen molar-refractivity contribution in [3.63, 3.8) is 0 Å². The number of hydrogen-bond acceptors (Lipinski definition) is 6. The van der Waals surface area contributed by atoms with Crippen LogP contribution in [0, 0.1) is 0 Å². The number of amides is 1. The summed E-state index contributed by atoms with van der Waals surface area (Å²) in [5.41, 5.74) is 5.03. The van der Waals surface area contributed by atoms with Gasteiger partial charge in [-0.1, -0.05) is 32.9 Å². The molecule has 0 aliphatic carbocycles. The molecule has 0 radical (unpaired) electrons. The first kappa shape index (κ1) is 21.9. The zero-order chi connectivity index (χ0) is 21.4. The number of carbonyl (C=O) groups is 2. The number of nitrogens with zero attached hydrogens (tertiary/aromatic N) is 1. The number of rotatable bonds is 8. The number of carbonyl (C=O) groups excluding carboxylic acids is 2. The highest BCUT2D eigenvalue weighted by molar-refractivity contribution is 5.99. The minimum Gasteiger partial charge on any atom is -0.546 e. The first-order chi connectivity index (χ1) is 13.6. The Bertz CT molecular complexity index is 866. The molecule has 0 fully saturated rings. The summed E-state index contributed by atoms with van der Waals surface area (Å²) in [4.78, 5) is 22.3. The number of carboxylic acid groups (broad SMARTS) is 1. The number of benzene rings is 2. The van der Waals surface area contributed by atoms with Crippen LogP contribution >= 0.6 is 0 Å². The number of ether oxygens (including phenoxy) is 2. The van der Waals surface area contributed by atoms with Crippen molar-refractivity contribution < 1.29 is 24.2 Å². The van der Waals surface area contributed by atoms with E-state index in [0.717, 1.165) is 5.56 Å². The molecule has 0 aliphatic rings. The molecule has 1 N–H and O–H groups in total. The van der Waals surface area contributed by atoms with Crippen LogP contribution < -0.4 is 20.0 Å². The first-order valence-electron chi connectivity index (χ1n) is 9.15. The lowest BCUT2D eigenvalue weighted by Gasteiger charge is -2.19. The van der Waals surface area contributed by atoms with Gasteiger partial charge in [0.15, 0.2) is 6.61 Å². The zero-order valence-electron chi connectivity index (χ0n) is 17.0. The predicted octanol–water partition coefficient (Wildman–Crippen LogP) is 2.03. The first-order valence-corrected chi connectivity index (χ1v) is 9.15. The van der Waals surface area contributed by atoms with Gasteiger partial charge in [-0.3, -0.25) is 4.79 Å². The molecular formula is C22H25N2O5-. The molecule has 0 spiro atoms. The van der Waals surface area contributed by atoms with Gasteiger partial charge in [0.05, 0.1) is 11.7 Å². The Balaban J connectivity index is 1.84. The van der Waals surface area contributed by atoms with Crippen molar-refractivity contribution in [1.29, 1.82) is 0 Å². The van der Waals surface area contributed by atoms with Crippen molar-refractivity contribution in [3.8, 4) is 11.5 Å². The molecule has 29 heavy (non-hydrogen) atoms. The van der Waals surface area contributed by atoms with Crippen molar-refractivity contribution in [2.24, 2.45) is 5.10 Å². The third kappa shape index (κ3) is 7.29. The van der Waals surface area contributed by atoms with Gasteiger partial charge >= 0.3 is 0 Å². The summed E-state index contributed by atoms with van der Waals surface area (Å²) < 4.78 is 10.5. The fourth-order valence-electron chi connectivity index (χ4n) is 2.38. The molecule has 0 bridgehead atoms. The van der Waals surface area contributed by atoms with Crippen LogP contribution in [0.5, 0.6) is 11.5 Å². The molecule has 0 atom stereocenters. The molecular weight excluding hydrogens is 372 g/mol. The highest BCUT2D eigenvalue weighted by atomic mass is 16.5. The van der Waals surface area contributed by atoms with E-state index in [4.69, 9.17) is 9.47 Å². The van der Waals surface area contributed by atoms with Crippen LogP contribution in [-0.2, 0) is 15.0 Å². The van der Waals surface area contributed by atoms with E-state index in [9.17, 15) is 14.7 Å². The molecule has 2 rings (SSSR count). The summed E-state index contributed by atoms with van der Waals surface area (Å²) in [6.07, 6.45) is 0. The van der Waals surface area contributed by atoms with E-state index in [0.29, 0.717) is 17.2 Å². The van der Waals surface area contributed by atoms with Gasteiger partial charge in [0.2, 0.25) is 0 Å². The lowest BCUT2D eigenvalue weighted by atomic mass is 9.87. The van der Waals surface area contributed by atoms with Gasteiger partial charge in [-0.2, -0.15) is 5.10 Å². The SMILES string of the molecule is C/C(=N/NC(=O)COc1ccc(C(C)(C)C)cc1)c1ccc(OCC(=O)[O-])cc1. The van der Waals surface area contributed by atoms with Crippen molar-refractivity contribution >= 4 is 17.6 Å². The fraction of sp³-hybridized carbons (Fsp3) is 0.318. The van der Waals surface area contributed by atoms with Crippen LogP contribution in [0.4, 0.5) is 0 Å². The second-order valence-corrected chi connectivity index (χ2v) is 7.48. The second kappa shape index (κ2) is 9.73. The molecule has 2 aromatic rings. The normalized spacial score (nSPS) is 11.7.